The first-order valence-electron chi connectivity index (χ1n) is 6.67. The summed E-state index contributed by atoms with van der Waals surface area (Å²) < 4.78 is 0. The third-order valence-corrected chi connectivity index (χ3v) is 3.36. The van der Waals surface area contributed by atoms with E-state index in [1.807, 2.05) is 25.1 Å². The fourth-order valence-corrected chi connectivity index (χ4v) is 2.31. The van der Waals surface area contributed by atoms with Crippen LogP contribution in [0.15, 0.2) is 36.4 Å². The summed E-state index contributed by atoms with van der Waals surface area (Å²) in [5.41, 5.74) is 12.2. The van der Waals surface area contributed by atoms with Crippen molar-refractivity contribution in [3.05, 3.63) is 53.3 Å². The van der Waals surface area contributed by atoms with Gasteiger partial charge in [-0.3, -0.25) is 0 Å². The number of aryl methyl sites for hydroxylation is 2. The van der Waals surface area contributed by atoms with Crippen molar-refractivity contribution < 1.29 is 0 Å². The number of nitrogen functional groups attached to an aromatic ring is 1. The molecular formula is C16H18N4. The summed E-state index contributed by atoms with van der Waals surface area (Å²) in [6.45, 7) is 4.76. The fourth-order valence-electron chi connectivity index (χ4n) is 2.31. The number of nitrogens with zero attached hydrogens (tertiary/aromatic N) is 1. The summed E-state index contributed by atoms with van der Waals surface area (Å²) in [7, 11) is 0. The van der Waals surface area contributed by atoms with E-state index in [0.29, 0.717) is 0 Å². The molecule has 0 bridgehead atoms. The van der Waals surface area contributed by atoms with E-state index < -0.39 is 0 Å². The highest BCUT2D eigenvalue weighted by Crippen LogP contribution is 2.21. The van der Waals surface area contributed by atoms with Gasteiger partial charge in [-0.15, -0.1) is 0 Å². The molecule has 0 saturated heterocycles. The van der Waals surface area contributed by atoms with Gasteiger partial charge < -0.3 is 16.0 Å². The van der Waals surface area contributed by atoms with Gasteiger partial charge in [-0.05, 0) is 49.2 Å². The highest BCUT2D eigenvalue weighted by molar-refractivity contribution is 5.76. The molecule has 0 aliphatic carbocycles. The van der Waals surface area contributed by atoms with E-state index in [1.165, 1.54) is 11.1 Å². The van der Waals surface area contributed by atoms with Crippen molar-refractivity contribution in [3.63, 3.8) is 0 Å². The first-order valence-corrected chi connectivity index (χ1v) is 6.67. The summed E-state index contributed by atoms with van der Waals surface area (Å²) >= 11 is 0. The average molecular weight is 266 g/mol. The van der Waals surface area contributed by atoms with E-state index in [1.54, 1.807) is 0 Å². The lowest BCUT2D eigenvalue weighted by atomic mass is 10.1. The Morgan fingerprint density at radius 2 is 2.00 bits per heavy atom. The zero-order chi connectivity index (χ0) is 14.1. The third-order valence-electron chi connectivity index (χ3n) is 3.36. The molecule has 0 unspecified atom stereocenters. The molecule has 0 aliphatic heterocycles. The molecule has 0 spiro atoms. The second-order valence-electron chi connectivity index (χ2n) is 5.12. The molecular weight excluding hydrogens is 248 g/mol. The number of anilines is 2. The minimum Gasteiger partial charge on any atom is -0.397 e. The van der Waals surface area contributed by atoms with E-state index in [4.69, 9.17) is 5.73 Å². The highest BCUT2D eigenvalue weighted by Gasteiger charge is 2.02. The van der Waals surface area contributed by atoms with E-state index >= 15 is 0 Å². The molecule has 0 saturated carbocycles. The Kier molecular flexibility index (Phi) is 3.06. The summed E-state index contributed by atoms with van der Waals surface area (Å²) in [5, 5.41) is 3.38. The van der Waals surface area contributed by atoms with Crippen LogP contribution in [0.3, 0.4) is 0 Å². The van der Waals surface area contributed by atoms with Gasteiger partial charge in [0.15, 0.2) is 0 Å². The van der Waals surface area contributed by atoms with E-state index in [-0.39, 0.29) is 0 Å². The number of imidazole rings is 1. The molecule has 0 aliphatic rings. The van der Waals surface area contributed by atoms with Gasteiger partial charge in [-0.2, -0.15) is 0 Å². The van der Waals surface area contributed by atoms with Crippen LogP contribution in [0.1, 0.15) is 17.0 Å². The zero-order valence-electron chi connectivity index (χ0n) is 11.7. The third kappa shape index (κ3) is 2.45. The first kappa shape index (κ1) is 12.5. The Hall–Kier alpha value is -2.49. The van der Waals surface area contributed by atoms with E-state index in [0.717, 1.165) is 34.8 Å². The Morgan fingerprint density at radius 3 is 2.85 bits per heavy atom. The number of nitrogens with two attached hydrogens (primary N) is 1. The molecule has 20 heavy (non-hydrogen) atoms. The zero-order valence-corrected chi connectivity index (χ0v) is 11.7. The van der Waals surface area contributed by atoms with Gasteiger partial charge in [0.2, 0.25) is 0 Å². The molecule has 3 rings (SSSR count). The van der Waals surface area contributed by atoms with Crippen LogP contribution < -0.4 is 11.1 Å². The monoisotopic (exact) mass is 266 g/mol. The number of H-pyrrole nitrogens is 1. The van der Waals surface area contributed by atoms with Gasteiger partial charge in [-0.25, -0.2) is 4.98 Å². The van der Waals surface area contributed by atoms with Gasteiger partial charge in [0, 0.05) is 6.54 Å². The number of rotatable bonds is 3. The average Bonchev–Trinajstić information content (AvgIpc) is 2.79. The Morgan fingerprint density at radius 1 is 1.15 bits per heavy atom. The van der Waals surface area contributed by atoms with Crippen LogP contribution in [-0.2, 0) is 6.54 Å². The number of fused-ring (bicyclic) bond motifs is 1. The Bertz CT molecular complexity index is 758. The van der Waals surface area contributed by atoms with Crippen LogP contribution in [-0.4, -0.2) is 9.97 Å². The number of hydrogen-bond acceptors (Lipinski definition) is 3. The minimum atomic E-state index is 0.738. The second kappa shape index (κ2) is 4.89. The van der Waals surface area contributed by atoms with Crippen molar-refractivity contribution in [1.29, 1.82) is 0 Å². The van der Waals surface area contributed by atoms with E-state index in [9.17, 15) is 0 Å². The van der Waals surface area contributed by atoms with Crippen molar-refractivity contribution in [2.24, 2.45) is 0 Å². The van der Waals surface area contributed by atoms with Gasteiger partial charge >= 0.3 is 0 Å². The van der Waals surface area contributed by atoms with E-state index in [2.05, 4.69) is 40.4 Å². The number of nitrogens with one attached hydrogen (secondary N) is 2. The number of hydrogen-bond donors (Lipinski definition) is 3. The fraction of sp³-hybridized carbons (Fsp3) is 0.188. The molecule has 4 heteroatoms. The lowest BCUT2D eigenvalue weighted by Crippen LogP contribution is -2.02. The maximum Gasteiger partial charge on any atom is 0.104 e. The van der Waals surface area contributed by atoms with Crippen molar-refractivity contribution in [3.8, 4) is 0 Å². The Balaban J connectivity index is 1.80. The van der Waals surface area contributed by atoms with Gasteiger partial charge in [0.1, 0.15) is 5.82 Å². The summed E-state index contributed by atoms with van der Waals surface area (Å²) in [5.74, 6) is 0.938. The minimum absolute atomic E-state index is 0.738. The predicted octanol–water partition coefficient (Wildman–Crippen LogP) is 3.37. The van der Waals surface area contributed by atoms with Gasteiger partial charge in [0.25, 0.3) is 0 Å². The lowest BCUT2D eigenvalue weighted by molar-refractivity contribution is 1.15. The molecule has 0 amide bonds. The van der Waals surface area contributed by atoms with Crippen LogP contribution in [0.2, 0.25) is 0 Å². The Labute approximate surface area is 118 Å². The molecule has 2 aromatic carbocycles. The standard InChI is InChI=1S/C16H18N4/c1-10-3-5-13(17)15(7-10)18-9-12-4-6-14-16(8-12)20-11(2)19-14/h3-8,18H,9,17H2,1-2H3,(H,19,20). The topological polar surface area (TPSA) is 66.7 Å². The summed E-state index contributed by atoms with van der Waals surface area (Å²) in [6, 6.07) is 12.2. The largest absolute Gasteiger partial charge is 0.397 e. The van der Waals surface area contributed by atoms with Crippen molar-refractivity contribution in [2.45, 2.75) is 20.4 Å². The second-order valence-corrected chi connectivity index (χ2v) is 5.12. The molecule has 102 valence electrons. The van der Waals surface area contributed by atoms with Crippen LogP contribution in [0, 0.1) is 13.8 Å². The van der Waals surface area contributed by atoms with Gasteiger partial charge in [0.05, 0.1) is 22.4 Å². The van der Waals surface area contributed by atoms with Crippen LogP contribution in [0.4, 0.5) is 11.4 Å². The molecule has 4 N–H and O–H groups in total. The van der Waals surface area contributed by atoms with Crippen molar-refractivity contribution in [2.75, 3.05) is 11.1 Å². The molecule has 1 heterocycles. The number of benzene rings is 2. The molecule has 4 nitrogen and oxygen atoms in total. The van der Waals surface area contributed by atoms with Crippen molar-refractivity contribution >= 4 is 22.4 Å². The molecule has 0 fully saturated rings. The number of aromatic nitrogens is 2. The van der Waals surface area contributed by atoms with Crippen LogP contribution >= 0.6 is 0 Å². The number of aromatic amines is 1. The SMILES string of the molecule is Cc1ccc(N)c(NCc2ccc3nc(C)[nH]c3c2)c1. The molecule has 3 aromatic rings. The van der Waals surface area contributed by atoms with Crippen LogP contribution in [0.5, 0.6) is 0 Å². The lowest BCUT2D eigenvalue weighted by Gasteiger charge is -2.10. The normalized spacial score (nSPS) is 10.9. The first-order chi connectivity index (χ1) is 9.61. The molecule has 0 radical (unpaired) electrons. The molecule has 1 aromatic heterocycles. The highest BCUT2D eigenvalue weighted by atomic mass is 14.9. The quantitative estimate of drug-likeness (QED) is 0.637. The summed E-state index contributed by atoms with van der Waals surface area (Å²) in [4.78, 5) is 7.66. The maximum absolute atomic E-state index is 5.97. The maximum atomic E-state index is 5.97. The summed E-state index contributed by atoms with van der Waals surface area (Å²) in [6.07, 6.45) is 0. The van der Waals surface area contributed by atoms with Crippen LogP contribution in [0.25, 0.3) is 11.0 Å². The van der Waals surface area contributed by atoms with Gasteiger partial charge in [-0.1, -0.05) is 12.1 Å². The van der Waals surface area contributed by atoms with Crippen molar-refractivity contribution in [1.82, 2.24) is 9.97 Å². The smallest absolute Gasteiger partial charge is 0.104 e. The predicted molar refractivity (Wildman–Crippen MR) is 83.7 cm³/mol. The molecule has 0 atom stereocenters.